The third kappa shape index (κ3) is 3.70. The molecule has 31 heavy (non-hydrogen) atoms. The van der Waals surface area contributed by atoms with Crippen LogP contribution in [0, 0.1) is 0 Å². The number of ether oxygens (including phenoxy) is 2. The molecule has 3 aromatic rings. The average molecular weight is 442 g/mol. The van der Waals surface area contributed by atoms with E-state index in [1.54, 1.807) is 30.5 Å². The normalized spacial score (nSPS) is 12.5. The number of aliphatic hydroxyl groups excluding tert-OH is 1. The van der Waals surface area contributed by atoms with Gasteiger partial charge >= 0.3 is 0 Å². The number of aromatic nitrogens is 2. The number of imidazole rings is 1. The first-order valence-electron chi connectivity index (χ1n) is 10.3. The number of aryl methyl sites for hydroxylation is 1. The summed E-state index contributed by atoms with van der Waals surface area (Å²) in [6, 6.07) is 7.94. The maximum Gasteiger partial charge on any atom is 0.290 e. The first-order valence-corrected chi connectivity index (χ1v) is 11.2. The molecule has 164 valence electrons. The van der Waals surface area contributed by atoms with Gasteiger partial charge in [0.1, 0.15) is 5.69 Å². The fourth-order valence-electron chi connectivity index (χ4n) is 4.10. The molecule has 0 atom stereocenters. The van der Waals surface area contributed by atoms with E-state index >= 15 is 0 Å². The molecule has 1 aliphatic heterocycles. The van der Waals surface area contributed by atoms with Gasteiger partial charge in [0.05, 0.1) is 31.4 Å². The third-order valence-corrected chi connectivity index (χ3v) is 6.48. The van der Waals surface area contributed by atoms with Gasteiger partial charge in [0.25, 0.3) is 5.91 Å². The van der Waals surface area contributed by atoms with E-state index < -0.39 is 0 Å². The number of fused-ring (bicyclic) bond motifs is 3. The van der Waals surface area contributed by atoms with Gasteiger partial charge in [0.2, 0.25) is 0 Å². The Morgan fingerprint density at radius 3 is 2.65 bits per heavy atom. The van der Waals surface area contributed by atoms with Gasteiger partial charge in [0, 0.05) is 24.7 Å². The molecular formula is C23H27N3O4S. The first-order chi connectivity index (χ1) is 15.0. The summed E-state index contributed by atoms with van der Waals surface area (Å²) in [6.07, 6.45) is 0.755. The Kier molecular flexibility index (Phi) is 6.02. The molecule has 0 fully saturated rings. The van der Waals surface area contributed by atoms with Crippen molar-refractivity contribution in [3.8, 4) is 33.3 Å². The van der Waals surface area contributed by atoms with Crippen LogP contribution in [0.25, 0.3) is 21.8 Å². The van der Waals surface area contributed by atoms with Gasteiger partial charge in [-0.2, -0.15) is 0 Å². The van der Waals surface area contributed by atoms with E-state index in [9.17, 15) is 9.90 Å². The van der Waals surface area contributed by atoms with Gasteiger partial charge in [0.15, 0.2) is 17.3 Å². The molecule has 0 saturated heterocycles. The highest BCUT2D eigenvalue weighted by molar-refractivity contribution is 7.13. The molecule has 0 spiro atoms. The lowest BCUT2D eigenvalue weighted by molar-refractivity contribution is 0.0648. The van der Waals surface area contributed by atoms with Crippen LogP contribution in [0.3, 0.4) is 0 Å². The summed E-state index contributed by atoms with van der Waals surface area (Å²) >= 11 is 1.59. The molecule has 8 heteroatoms. The van der Waals surface area contributed by atoms with Crippen LogP contribution in [-0.2, 0) is 13.0 Å². The van der Waals surface area contributed by atoms with Crippen LogP contribution in [0.2, 0.25) is 0 Å². The van der Waals surface area contributed by atoms with Crippen molar-refractivity contribution in [1.29, 1.82) is 0 Å². The second kappa shape index (κ2) is 8.72. The number of thiophene rings is 1. The second-order valence-corrected chi connectivity index (χ2v) is 8.64. The average Bonchev–Trinajstić information content (AvgIpc) is 3.43. The van der Waals surface area contributed by atoms with Crippen molar-refractivity contribution in [2.45, 2.75) is 32.9 Å². The van der Waals surface area contributed by atoms with Crippen LogP contribution in [-0.4, -0.2) is 58.9 Å². The minimum Gasteiger partial charge on any atom is -0.493 e. The molecule has 1 amide bonds. The van der Waals surface area contributed by atoms with E-state index in [1.807, 2.05) is 48.1 Å². The Labute approximate surface area is 185 Å². The van der Waals surface area contributed by atoms with Crippen LogP contribution in [0.15, 0.2) is 29.6 Å². The summed E-state index contributed by atoms with van der Waals surface area (Å²) in [4.78, 5) is 21.0. The summed E-state index contributed by atoms with van der Waals surface area (Å²) in [5, 5.41) is 11.5. The molecule has 0 saturated carbocycles. The highest BCUT2D eigenvalue weighted by Crippen LogP contribution is 2.43. The Morgan fingerprint density at radius 2 is 2.03 bits per heavy atom. The number of hydrogen-bond acceptors (Lipinski definition) is 6. The predicted octanol–water partition coefficient (Wildman–Crippen LogP) is 3.69. The highest BCUT2D eigenvalue weighted by Gasteiger charge is 2.32. The molecule has 0 bridgehead atoms. The lowest BCUT2D eigenvalue weighted by atomic mass is 9.96. The SMILES string of the molecule is COc1cc2c(cc1OC)-c1c(-c3cccs3)nc(C(=O)N(CCO)C(C)C)n1CC2. The van der Waals surface area contributed by atoms with Gasteiger partial charge in [-0.25, -0.2) is 4.98 Å². The Hall–Kier alpha value is -2.84. The van der Waals surface area contributed by atoms with Crippen molar-refractivity contribution in [2.24, 2.45) is 0 Å². The molecular weight excluding hydrogens is 414 g/mol. The molecule has 0 radical (unpaired) electrons. The number of methoxy groups -OCH3 is 2. The van der Waals surface area contributed by atoms with Crippen LogP contribution in [0.4, 0.5) is 0 Å². The van der Waals surface area contributed by atoms with Crippen LogP contribution >= 0.6 is 11.3 Å². The van der Waals surface area contributed by atoms with Crippen LogP contribution in [0.5, 0.6) is 11.5 Å². The zero-order valence-electron chi connectivity index (χ0n) is 18.2. The van der Waals surface area contributed by atoms with Crippen molar-refractivity contribution in [3.05, 3.63) is 41.0 Å². The monoisotopic (exact) mass is 441 g/mol. The topological polar surface area (TPSA) is 76.8 Å². The molecule has 1 aliphatic rings. The maximum absolute atomic E-state index is 13.5. The van der Waals surface area contributed by atoms with Crippen molar-refractivity contribution in [2.75, 3.05) is 27.4 Å². The summed E-state index contributed by atoms with van der Waals surface area (Å²) in [6.45, 7) is 4.71. The van der Waals surface area contributed by atoms with Gasteiger partial charge in [-0.05, 0) is 49.4 Å². The van der Waals surface area contributed by atoms with E-state index in [4.69, 9.17) is 14.5 Å². The summed E-state index contributed by atoms with van der Waals surface area (Å²) in [5.74, 6) is 1.57. The number of hydrogen-bond donors (Lipinski definition) is 1. The van der Waals surface area contributed by atoms with E-state index in [0.29, 0.717) is 23.9 Å². The van der Waals surface area contributed by atoms with Gasteiger partial charge < -0.3 is 24.0 Å². The molecule has 3 heterocycles. The minimum absolute atomic E-state index is 0.0435. The van der Waals surface area contributed by atoms with Crippen molar-refractivity contribution >= 4 is 17.2 Å². The van der Waals surface area contributed by atoms with Gasteiger partial charge in [-0.1, -0.05) is 6.07 Å². The minimum atomic E-state index is -0.169. The fraction of sp³-hybridized carbons (Fsp3) is 0.391. The smallest absolute Gasteiger partial charge is 0.290 e. The van der Waals surface area contributed by atoms with Gasteiger partial charge in [-0.3, -0.25) is 4.79 Å². The Balaban J connectivity index is 1.93. The zero-order chi connectivity index (χ0) is 22.1. The number of nitrogens with zero attached hydrogens (tertiary/aromatic N) is 3. The summed E-state index contributed by atoms with van der Waals surface area (Å²) in [5.41, 5.74) is 3.84. The number of benzene rings is 1. The molecule has 0 unspecified atom stereocenters. The fourth-order valence-corrected chi connectivity index (χ4v) is 4.82. The summed E-state index contributed by atoms with van der Waals surface area (Å²) < 4.78 is 13.1. The number of rotatable bonds is 7. The molecule has 0 aliphatic carbocycles. The number of amides is 1. The van der Waals surface area contributed by atoms with E-state index in [0.717, 1.165) is 33.8 Å². The predicted molar refractivity (Wildman–Crippen MR) is 121 cm³/mol. The standard InChI is InChI=1S/C23H27N3O4S/c1-14(2)25(9-10-27)23(28)22-24-20(19-6-5-11-31-19)21-16-13-18(30-4)17(29-3)12-15(16)7-8-26(21)22/h5-6,11-14,27H,7-10H2,1-4H3. The number of carbonyl (C=O) groups is 1. The number of carbonyl (C=O) groups excluding carboxylic acids is 1. The molecule has 7 nitrogen and oxygen atoms in total. The van der Waals surface area contributed by atoms with E-state index in [2.05, 4.69) is 0 Å². The van der Waals surface area contributed by atoms with E-state index in [1.165, 1.54) is 0 Å². The second-order valence-electron chi connectivity index (χ2n) is 7.69. The quantitative estimate of drug-likeness (QED) is 0.605. The van der Waals surface area contributed by atoms with Crippen LogP contribution < -0.4 is 9.47 Å². The highest BCUT2D eigenvalue weighted by atomic mass is 32.1. The molecule has 2 aromatic heterocycles. The maximum atomic E-state index is 13.5. The van der Waals surface area contributed by atoms with E-state index in [-0.39, 0.29) is 25.1 Å². The molecule has 4 rings (SSSR count). The first kappa shape index (κ1) is 21.4. The Morgan fingerprint density at radius 1 is 1.29 bits per heavy atom. The van der Waals surface area contributed by atoms with Crippen molar-refractivity contribution < 1.29 is 19.4 Å². The summed E-state index contributed by atoms with van der Waals surface area (Å²) in [7, 11) is 3.25. The molecule has 1 aromatic carbocycles. The molecule has 1 N–H and O–H groups in total. The van der Waals surface area contributed by atoms with Crippen LogP contribution in [0.1, 0.15) is 30.0 Å². The third-order valence-electron chi connectivity index (χ3n) is 5.61. The lowest BCUT2D eigenvalue weighted by Gasteiger charge is -2.27. The largest absolute Gasteiger partial charge is 0.493 e. The number of aliphatic hydroxyl groups is 1. The van der Waals surface area contributed by atoms with Crippen molar-refractivity contribution in [3.63, 3.8) is 0 Å². The van der Waals surface area contributed by atoms with Gasteiger partial charge in [-0.15, -0.1) is 11.3 Å². The Bertz CT molecular complexity index is 1090. The zero-order valence-corrected chi connectivity index (χ0v) is 19.0. The lowest BCUT2D eigenvalue weighted by Crippen LogP contribution is -2.40. The van der Waals surface area contributed by atoms with Crippen molar-refractivity contribution in [1.82, 2.24) is 14.5 Å².